The molecule has 4 rings (SSSR count). The van der Waals surface area contributed by atoms with Crippen LogP contribution in [0.2, 0.25) is 0 Å². The normalized spacial score (nSPS) is 14.3. The number of aromatic nitrogens is 4. The van der Waals surface area contributed by atoms with Crippen LogP contribution in [0.3, 0.4) is 0 Å². The summed E-state index contributed by atoms with van der Waals surface area (Å²) in [6.45, 7) is 0.500. The maximum absolute atomic E-state index is 5.22. The molecule has 1 aliphatic rings. The highest BCUT2D eigenvalue weighted by Crippen LogP contribution is 2.38. The lowest BCUT2D eigenvalue weighted by Crippen LogP contribution is -2.00. The third-order valence-electron chi connectivity index (χ3n) is 3.25. The molecule has 1 aliphatic carbocycles. The smallest absolute Gasteiger partial charge is 0.229 e. The van der Waals surface area contributed by atoms with E-state index in [9.17, 15) is 0 Å². The molecule has 0 amide bonds. The van der Waals surface area contributed by atoms with Crippen LogP contribution in [-0.4, -0.2) is 20.3 Å². The first kappa shape index (κ1) is 12.5. The molecule has 0 unspecified atom stereocenters. The van der Waals surface area contributed by atoms with Crippen LogP contribution >= 0.6 is 11.3 Å². The van der Waals surface area contributed by atoms with Crippen molar-refractivity contribution in [2.24, 2.45) is 0 Å². The molecule has 2 heterocycles. The van der Waals surface area contributed by atoms with Crippen molar-refractivity contribution in [3.63, 3.8) is 0 Å². The van der Waals surface area contributed by atoms with Crippen molar-refractivity contribution in [3.05, 3.63) is 42.0 Å². The quantitative estimate of drug-likeness (QED) is 0.780. The molecule has 1 aromatic carbocycles. The maximum atomic E-state index is 5.22. The maximum Gasteiger partial charge on any atom is 0.229 e. The second-order valence-corrected chi connectivity index (χ2v) is 5.93. The van der Waals surface area contributed by atoms with Gasteiger partial charge in [-0.05, 0) is 12.8 Å². The van der Waals surface area contributed by atoms with Gasteiger partial charge in [-0.25, -0.2) is 0 Å². The van der Waals surface area contributed by atoms with Gasteiger partial charge < -0.3 is 9.84 Å². The summed E-state index contributed by atoms with van der Waals surface area (Å²) in [6, 6.07) is 10.00. The first-order valence-corrected chi connectivity index (χ1v) is 7.65. The molecular weight excluding hydrogens is 286 g/mol. The Hall–Kier alpha value is -2.28. The summed E-state index contributed by atoms with van der Waals surface area (Å²) in [5.74, 6) is 1.90. The van der Waals surface area contributed by atoms with Gasteiger partial charge in [-0.1, -0.05) is 46.8 Å². The summed E-state index contributed by atoms with van der Waals surface area (Å²) >= 11 is 1.51. The summed E-state index contributed by atoms with van der Waals surface area (Å²) in [4.78, 5) is 4.37. The minimum atomic E-state index is 0.484. The van der Waals surface area contributed by atoms with Crippen molar-refractivity contribution in [1.29, 1.82) is 0 Å². The van der Waals surface area contributed by atoms with E-state index in [1.807, 2.05) is 30.3 Å². The van der Waals surface area contributed by atoms with Crippen LogP contribution in [0.25, 0.3) is 10.6 Å². The molecular formula is C14H13N5OS. The zero-order valence-electron chi connectivity index (χ0n) is 11.2. The Morgan fingerprint density at radius 2 is 2.05 bits per heavy atom. The molecule has 1 fully saturated rings. The Morgan fingerprint density at radius 3 is 2.86 bits per heavy atom. The lowest BCUT2D eigenvalue weighted by atomic mass is 10.2. The fraction of sp³-hybridized carbons (Fsp3) is 0.286. The van der Waals surface area contributed by atoms with E-state index < -0.39 is 0 Å². The van der Waals surface area contributed by atoms with Crippen molar-refractivity contribution in [2.45, 2.75) is 25.3 Å². The summed E-state index contributed by atoms with van der Waals surface area (Å²) < 4.78 is 5.22. The molecule has 3 aromatic rings. The van der Waals surface area contributed by atoms with Gasteiger partial charge in [-0.15, -0.1) is 10.2 Å². The van der Waals surface area contributed by atoms with Crippen LogP contribution in [-0.2, 0) is 6.54 Å². The van der Waals surface area contributed by atoms with E-state index in [0.717, 1.165) is 34.4 Å². The number of nitrogens with zero attached hydrogens (tertiary/aromatic N) is 4. The highest BCUT2D eigenvalue weighted by molar-refractivity contribution is 7.18. The predicted molar refractivity (Wildman–Crippen MR) is 78.9 cm³/mol. The summed E-state index contributed by atoms with van der Waals surface area (Å²) in [6.07, 6.45) is 2.32. The number of hydrogen-bond donors (Lipinski definition) is 1. The number of hydrogen-bond acceptors (Lipinski definition) is 7. The molecule has 0 bridgehead atoms. The first-order chi connectivity index (χ1) is 10.4. The van der Waals surface area contributed by atoms with E-state index >= 15 is 0 Å². The fourth-order valence-electron chi connectivity index (χ4n) is 1.98. The molecule has 0 saturated heterocycles. The Bertz CT molecular complexity index is 735. The minimum Gasteiger partial charge on any atom is -0.353 e. The van der Waals surface area contributed by atoms with Crippen LogP contribution < -0.4 is 5.32 Å². The third-order valence-corrected chi connectivity index (χ3v) is 4.18. The SMILES string of the molecule is c1ccc(-c2nnc(NCc3noc(C4CC4)n3)s2)cc1. The molecule has 7 heteroatoms. The number of benzene rings is 1. The largest absolute Gasteiger partial charge is 0.353 e. The number of rotatable bonds is 5. The van der Waals surface area contributed by atoms with E-state index in [-0.39, 0.29) is 0 Å². The Balaban J connectivity index is 1.41. The second kappa shape index (κ2) is 5.25. The van der Waals surface area contributed by atoms with Gasteiger partial charge in [-0.3, -0.25) is 0 Å². The second-order valence-electron chi connectivity index (χ2n) is 4.96. The molecule has 106 valence electrons. The minimum absolute atomic E-state index is 0.484. The first-order valence-electron chi connectivity index (χ1n) is 6.84. The van der Waals surface area contributed by atoms with E-state index in [1.54, 1.807) is 0 Å². The molecule has 2 aromatic heterocycles. The van der Waals surface area contributed by atoms with Crippen molar-refractivity contribution >= 4 is 16.5 Å². The third kappa shape index (κ3) is 2.78. The molecule has 0 spiro atoms. The summed E-state index contributed by atoms with van der Waals surface area (Å²) in [5, 5.41) is 17.1. The van der Waals surface area contributed by atoms with E-state index in [1.165, 1.54) is 11.3 Å². The summed E-state index contributed by atoms with van der Waals surface area (Å²) in [7, 11) is 0. The van der Waals surface area contributed by atoms with Gasteiger partial charge in [-0.2, -0.15) is 4.98 Å². The lowest BCUT2D eigenvalue weighted by Gasteiger charge is -1.95. The average molecular weight is 299 g/mol. The van der Waals surface area contributed by atoms with Gasteiger partial charge in [0.2, 0.25) is 11.0 Å². The zero-order chi connectivity index (χ0) is 14.1. The van der Waals surface area contributed by atoms with Crippen LogP contribution in [0.1, 0.15) is 30.5 Å². The molecule has 21 heavy (non-hydrogen) atoms. The zero-order valence-corrected chi connectivity index (χ0v) is 12.0. The standard InChI is InChI=1S/C14H13N5OS/c1-2-4-10(5-3-1)13-17-18-14(21-13)15-8-11-16-12(20-19-11)9-6-7-9/h1-5,9H,6-8H2,(H,15,18). The van der Waals surface area contributed by atoms with Gasteiger partial charge in [0, 0.05) is 11.5 Å². The van der Waals surface area contributed by atoms with Gasteiger partial charge in [0.25, 0.3) is 0 Å². The average Bonchev–Trinajstić information content (AvgIpc) is 3.09. The van der Waals surface area contributed by atoms with Gasteiger partial charge in [0.1, 0.15) is 5.01 Å². The van der Waals surface area contributed by atoms with Crippen molar-refractivity contribution in [1.82, 2.24) is 20.3 Å². The summed E-state index contributed by atoms with van der Waals surface area (Å²) in [5.41, 5.74) is 1.07. The lowest BCUT2D eigenvalue weighted by molar-refractivity contribution is 0.374. The molecule has 0 radical (unpaired) electrons. The van der Waals surface area contributed by atoms with Crippen LogP contribution in [0.15, 0.2) is 34.9 Å². The van der Waals surface area contributed by atoms with Crippen LogP contribution in [0.5, 0.6) is 0 Å². The van der Waals surface area contributed by atoms with E-state index in [0.29, 0.717) is 18.3 Å². The van der Waals surface area contributed by atoms with E-state index in [4.69, 9.17) is 4.52 Å². The van der Waals surface area contributed by atoms with E-state index in [2.05, 4.69) is 25.7 Å². The number of anilines is 1. The van der Waals surface area contributed by atoms with Gasteiger partial charge >= 0.3 is 0 Å². The topological polar surface area (TPSA) is 76.7 Å². The predicted octanol–water partition coefficient (Wildman–Crippen LogP) is 3.08. The molecule has 1 N–H and O–H groups in total. The van der Waals surface area contributed by atoms with Crippen molar-refractivity contribution in [2.75, 3.05) is 5.32 Å². The monoisotopic (exact) mass is 299 g/mol. The Morgan fingerprint density at radius 1 is 1.19 bits per heavy atom. The Labute approximate surface area is 125 Å². The fourth-order valence-corrected chi connectivity index (χ4v) is 2.73. The van der Waals surface area contributed by atoms with Crippen molar-refractivity contribution in [3.8, 4) is 10.6 Å². The highest BCUT2D eigenvalue weighted by Gasteiger charge is 2.29. The number of nitrogens with one attached hydrogen (secondary N) is 1. The Kier molecular flexibility index (Phi) is 3.11. The van der Waals surface area contributed by atoms with Crippen LogP contribution in [0, 0.1) is 0 Å². The molecule has 0 atom stereocenters. The van der Waals surface area contributed by atoms with Gasteiger partial charge in [0.15, 0.2) is 5.82 Å². The molecule has 1 saturated carbocycles. The molecule has 6 nitrogen and oxygen atoms in total. The van der Waals surface area contributed by atoms with Crippen LogP contribution in [0.4, 0.5) is 5.13 Å². The van der Waals surface area contributed by atoms with Crippen molar-refractivity contribution < 1.29 is 4.52 Å². The highest BCUT2D eigenvalue weighted by atomic mass is 32.1. The molecule has 0 aliphatic heterocycles. The van der Waals surface area contributed by atoms with Gasteiger partial charge in [0.05, 0.1) is 6.54 Å².